The maximum absolute atomic E-state index is 13.9. The third-order valence-corrected chi connectivity index (χ3v) is 4.41. The summed E-state index contributed by atoms with van der Waals surface area (Å²) in [6.45, 7) is 1.74. The minimum Gasteiger partial charge on any atom is -0.347 e. The number of hydrogen-bond acceptors (Lipinski definition) is 3. The zero-order valence-corrected chi connectivity index (χ0v) is 13.3. The summed E-state index contributed by atoms with van der Waals surface area (Å²) in [6.07, 6.45) is 3.70. The quantitative estimate of drug-likeness (QED) is 0.885. The molecule has 0 radical (unpaired) electrons. The molecule has 2 N–H and O–H groups in total. The van der Waals surface area contributed by atoms with Crippen LogP contribution in [0, 0.1) is 11.7 Å². The molecule has 2 aromatic rings. The van der Waals surface area contributed by atoms with Crippen molar-refractivity contribution in [1.29, 1.82) is 0 Å². The molecule has 1 saturated carbocycles. The van der Waals surface area contributed by atoms with Crippen molar-refractivity contribution in [3.63, 3.8) is 0 Å². The molecule has 1 aromatic carbocycles. The first kappa shape index (κ1) is 16.1. The maximum atomic E-state index is 13.9. The Morgan fingerprint density at radius 1 is 1.29 bits per heavy atom. The molecule has 1 fully saturated rings. The normalized spacial score (nSPS) is 21.8. The van der Waals surface area contributed by atoms with Crippen molar-refractivity contribution in [1.82, 2.24) is 10.3 Å². The molecule has 1 aliphatic rings. The number of aromatic nitrogens is 1. The lowest BCUT2D eigenvalue weighted by atomic mass is 9.94. The van der Waals surface area contributed by atoms with Crippen LogP contribution >= 0.6 is 0 Å². The second-order valence-corrected chi connectivity index (χ2v) is 6.16. The first-order chi connectivity index (χ1) is 11.5. The van der Waals surface area contributed by atoms with Crippen LogP contribution in [-0.2, 0) is 15.0 Å². The number of rotatable bonds is 5. The van der Waals surface area contributed by atoms with E-state index in [1.807, 2.05) is 6.92 Å². The lowest BCUT2D eigenvalue weighted by Crippen LogP contribution is -2.35. The molecule has 6 heteroatoms. The van der Waals surface area contributed by atoms with Gasteiger partial charge < -0.3 is 10.6 Å². The fourth-order valence-corrected chi connectivity index (χ4v) is 2.90. The molecule has 2 atom stereocenters. The number of carbonyl (C=O) groups is 2. The molecule has 124 valence electrons. The number of nitrogens with one attached hydrogen (secondary N) is 2. The Labute approximate surface area is 139 Å². The highest BCUT2D eigenvalue weighted by atomic mass is 19.1. The van der Waals surface area contributed by atoms with Gasteiger partial charge in [-0.15, -0.1) is 0 Å². The third kappa shape index (κ3) is 3.27. The summed E-state index contributed by atoms with van der Waals surface area (Å²) in [6, 6.07) is 9.91. The zero-order chi connectivity index (χ0) is 17.2. The van der Waals surface area contributed by atoms with Crippen molar-refractivity contribution >= 4 is 17.5 Å². The molecule has 1 heterocycles. The van der Waals surface area contributed by atoms with Gasteiger partial charge in [-0.2, -0.15) is 0 Å². The summed E-state index contributed by atoms with van der Waals surface area (Å²) in [5.74, 6) is -1.18. The summed E-state index contributed by atoms with van der Waals surface area (Å²) >= 11 is 0. The van der Waals surface area contributed by atoms with Crippen molar-refractivity contribution in [2.24, 2.45) is 5.92 Å². The van der Waals surface area contributed by atoms with Crippen LogP contribution in [0.1, 0.15) is 18.9 Å². The topological polar surface area (TPSA) is 71.1 Å². The van der Waals surface area contributed by atoms with Gasteiger partial charge in [0, 0.05) is 17.5 Å². The van der Waals surface area contributed by atoms with Crippen LogP contribution in [-0.4, -0.2) is 23.3 Å². The maximum Gasteiger partial charge on any atom is 0.243 e. The van der Waals surface area contributed by atoms with E-state index in [4.69, 9.17) is 0 Å². The van der Waals surface area contributed by atoms with Crippen molar-refractivity contribution in [3.05, 3.63) is 60.2 Å². The standard InChI is InChI=1S/C18H18FN3O2/c1-18(13-6-2-3-7-15(13)19)9-14(18)17(24)21-11-16(23)22-12-5-4-8-20-10-12/h2-8,10,14H,9,11H2,1H3,(H,21,24)(H,22,23)/t14-,18+/m0/s1. The van der Waals surface area contributed by atoms with Gasteiger partial charge in [0.2, 0.25) is 11.8 Å². The fraction of sp³-hybridized carbons (Fsp3) is 0.278. The Kier molecular flexibility index (Phi) is 4.29. The van der Waals surface area contributed by atoms with Crippen LogP contribution < -0.4 is 10.6 Å². The number of halogens is 1. The number of amides is 2. The van der Waals surface area contributed by atoms with Gasteiger partial charge in [0.1, 0.15) is 5.82 Å². The number of benzene rings is 1. The second kappa shape index (κ2) is 6.39. The molecule has 1 aromatic heterocycles. The predicted octanol–water partition coefficient (Wildman–Crippen LogP) is 2.25. The Morgan fingerprint density at radius 2 is 2.08 bits per heavy atom. The van der Waals surface area contributed by atoms with E-state index in [-0.39, 0.29) is 30.1 Å². The summed E-state index contributed by atoms with van der Waals surface area (Å²) < 4.78 is 13.9. The molecular weight excluding hydrogens is 309 g/mol. The van der Waals surface area contributed by atoms with Gasteiger partial charge >= 0.3 is 0 Å². The zero-order valence-electron chi connectivity index (χ0n) is 13.3. The van der Waals surface area contributed by atoms with Crippen molar-refractivity contribution < 1.29 is 14.0 Å². The molecular formula is C18H18FN3O2. The lowest BCUT2D eigenvalue weighted by Gasteiger charge is -2.13. The number of nitrogens with zero attached hydrogens (tertiary/aromatic N) is 1. The second-order valence-electron chi connectivity index (χ2n) is 6.16. The number of hydrogen-bond donors (Lipinski definition) is 2. The Morgan fingerprint density at radius 3 is 2.79 bits per heavy atom. The number of carbonyl (C=O) groups excluding carboxylic acids is 2. The van der Waals surface area contributed by atoms with Crippen LogP contribution in [0.5, 0.6) is 0 Å². The van der Waals surface area contributed by atoms with Crippen LogP contribution in [0.25, 0.3) is 0 Å². The third-order valence-electron chi connectivity index (χ3n) is 4.41. The monoisotopic (exact) mass is 327 g/mol. The van der Waals surface area contributed by atoms with Gasteiger partial charge in [-0.25, -0.2) is 4.39 Å². The number of pyridine rings is 1. The van der Waals surface area contributed by atoms with Gasteiger partial charge in [-0.05, 0) is 30.2 Å². The summed E-state index contributed by atoms with van der Waals surface area (Å²) in [7, 11) is 0. The Hall–Kier alpha value is -2.76. The van der Waals surface area contributed by atoms with Crippen molar-refractivity contribution in [3.8, 4) is 0 Å². The minimum absolute atomic E-state index is 0.127. The average molecular weight is 327 g/mol. The van der Waals surface area contributed by atoms with E-state index >= 15 is 0 Å². The molecule has 0 aliphatic heterocycles. The smallest absolute Gasteiger partial charge is 0.243 e. The van der Waals surface area contributed by atoms with Crippen LogP contribution in [0.4, 0.5) is 10.1 Å². The average Bonchev–Trinajstić information content (AvgIpc) is 3.27. The summed E-state index contributed by atoms with van der Waals surface area (Å²) in [5, 5.41) is 5.26. The first-order valence-corrected chi connectivity index (χ1v) is 7.73. The highest BCUT2D eigenvalue weighted by molar-refractivity contribution is 5.95. The molecule has 0 unspecified atom stereocenters. The Bertz CT molecular complexity index is 766. The van der Waals surface area contributed by atoms with E-state index < -0.39 is 5.41 Å². The fourth-order valence-electron chi connectivity index (χ4n) is 2.90. The molecule has 5 nitrogen and oxygen atoms in total. The number of anilines is 1. The molecule has 2 amide bonds. The van der Waals surface area contributed by atoms with E-state index in [1.165, 1.54) is 12.3 Å². The van der Waals surface area contributed by atoms with Gasteiger partial charge in [-0.1, -0.05) is 25.1 Å². The lowest BCUT2D eigenvalue weighted by molar-refractivity contribution is -0.125. The highest BCUT2D eigenvalue weighted by Gasteiger charge is 2.56. The van der Waals surface area contributed by atoms with Crippen molar-refractivity contribution in [2.45, 2.75) is 18.8 Å². The molecule has 1 aliphatic carbocycles. The molecule has 0 saturated heterocycles. The largest absolute Gasteiger partial charge is 0.347 e. The molecule has 24 heavy (non-hydrogen) atoms. The van der Waals surface area contributed by atoms with Gasteiger partial charge in [0.25, 0.3) is 0 Å². The SMILES string of the molecule is C[C@]1(c2ccccc2F)C[C@H]1C(=O)NCC(=O)Nc1cccnc1. The van der Waals surface area contributed by atoms with E-state index in [0.717, 1.165) is 0 Å². The van der Waals surface area contributed by atoms with Gasteiger partial charge in [0.05, 0.1) is 18.4 Å². The van der Waals surface area contributed by atoms with Crippen LogP contribution in [0.15, 0.2) is 48.8 Å². The van der Waals surface area contributed by atoms with E-state index in [2.05, 4.69) is 15.6 Å². The van der Waals surface area contributed by atoms with Crippen molar-refractivity contribution in [2.75, 3.05) is 11.9 Å². The highest BCUT2D eigenvalue weighted by Crippen LogP contribution is 2.54. The van der Waals surface area contributed by atoms with Gasteiger partial charge in [-0.3, -0.25) is 14.6 Å². The summed E-state index contributed by atoms with van der Waals surface area (Å²) in [4.78, 5) is 28.0. The van der Waals surface area contributed by atoms with Crippen LogP contribution in [0.2, 0.25) is 0 Å². The van der Waals surface area contributed by atoms with E-state index in [0.29, 0.717) is 17.7 Å². The van der Waals surface area contributed by atoms with E-state index in [1.54, 1.807) is 36.5 Å². The predicted molar refractivity (Wildman–Crippen MR) is 87.7 cm³/mol. The van der Waals surface area contributed by atoms with E-state index in [9.17, 15) is 14.0 Å². The molecule has 0 bridgehead atoms. The van der Waals surface area contributed by atoms with Gasteiger partial charge in [0.15, 0.2) is 0 Å². The first-order valence-electron chi connectivity index (χ1n) is 7.73. The van der Waals surface area contributed by atoms with Crippen LogP contribution in [0.3, 0.4) is 0 Å². The summed E-state index contributed by atoms with van der Waals surface area (Å²) in [5.41, 5.74) is 0.610. The molecule has 0 spiro atoms. The molecule has 3 rings (SSSR count). The minimum atomic E-state index is -0.505. The Balaban J connectivity index is 1.54.